The SMILES string of the molecule is Cn1c(C#C[Si](C)(C)C)ccc1C#C[Si](C)(C)C. The van der Waals surface area contributed by atoms with Crippen LogP contribution < -0.4 is 0 Å². The van der Waals surface area contributed by atoms with Crippen molar-refractivity contribution in [2.24, 2.45) is 7.05 Å². The van der Waals surface area contributed by atoms with Crippen molar-refractivity contribution in [3.8, 4) is 22.9 Å². The minimum atomic E-state index is -1.31. The summed E-state index contributed by atoms with van der Waals surface area (Å²) >= 11 is 0. The third-order valence-corrected chi connectivity index (χ3v) is 4.00. The smallest absolute Gasteiger partial charge is 0.129 e. The van der Waals surface area contributed by atoms with E-state index in [-0.39, 0.29) is 0 Å². The van der Waals surface area contributed by atoms with Crippen molar-refractivity contribution in [1.82, 2.24) is 4.57 Å². The van der Waals surface area contributed by atoms with Gasteiger partial charge >= 0.3 is 0 Å². The van der Waals surface area contributed by atoms with E-state index in [0.29, 0.717) is 0 Å². The van der Waals surface area contributed by atoms with Gasteiger partial charge in [-0.05, 0) is 12.1 Å². The van der Waals surface area contributed by atoms with Gasteiger partial charge in [-0.15, -0.1) is 11.1 Å². The summed E-state index contributed by atoms with van der Waals surface area (Å²) in [5.74, 6) is 6.58. The Morgan fingerprint density at radius 1 is 0.778 bits per heavy atom. The molecule has 0 saturated heterocycles. The Hall–Kier alpha value is -1.17. The maximum atomic E-state index is 3.39. The van der Waals surface area contributed by atoms with E-state index in [2.05, 4.69) is 78.9 Å². The zero-order valence-corrected chi connectivity index (χ0v) is 14.6. The van der Waals surface area contributed by atoms with Gasteiger partial charge in [-0.2, -0.15) is 0 Å². The highest BCUT2D eigenvalue weighted by molar-refractivity contribution is 6.84. The Bertz CT molecular complexity index is 496. The predicted octanol–water partition coefficient (Wildman–Crippen LogP) is 3.48. The Morgan fingerprint density at radius 2 is 1.11 bits per heavy atom. The molecule has 0 bridgehead atoms. The van der Waals surface area contributed by atoms with Gasteiger partial charge in [0.15, 0.2) is 0 Å². The number of nitrogens with zero attached hydrogens (tertiary/aromatic N) is 1. The molecule has 0 aliphatic carbocycles. The molecule has 0 aromatic carbocycles. The summed E-state index contributed by atoms with van der Waals surface area (Å²) in [4.78, 5) is 0. The average Bonchev–Trinajstić information content (AvgIpc) is 2.51. The van der Waals surface area contributed by atoms with Gasteiger partial charge in [-0.3, -0.25) is 0 Å². The molecule has 96 valence electrons. The maximum absolute atomic E-state index is 3.39. The summed E-state index contributed by atoms with van der Waals surface area (Å²) in [6, 6.07) is 4.14. The van der Waals surface area contributed by atoms with E-state index in [9.17, 15) is 0 Å². The lowest BCUT2D eigenvalue weighted by atomic mass is 10.4. The normalized spacial score (nSPS) is 11.3. The van der Waals surface area contributed by atoms with Gasteiger partial charge in [0.05, 0.1) is 11.4 Å². The minimum absolute atomic E-state index is 1.07. The topological polar surface area (TPSA) is 4.93 Å². The number of hydrogen-bond donors (Lipinski definition) is 0. The molecule has 0 aliphatic rings. The number of hydrogen-bond acceptors (Lipinski definition) is 0. The molecule has 0 saturated carbocycles. The largest absolute Gasteiger partial charge is 0.331 e. The fraction of sp³-hybridized carbons (Fsp3) is 0.467. The summed E-state index contributed by atoms with van der Waals surface area (Å²) in [6.07, 6.45) is 0. The first-order valence-corrected chi connectivity index (χ1v) is 13.3. The third kappa shape index (κ3) is 5.00. The van der Waals surface area contributed by atoms with E-state index in [1.54, 1.807) is 0 Å². The molecule has 1 rings (SSSR count). The van der Waals surface area contributed by atoms with Crippen molar-refractivity contribution in [3.05, 3.63) is 23.5 Å². The second-order valence-corrected chi connectivity index (χ2v) is 16.2. The van der Waals surface area contributed by atoms with Crippen molar-refractivity contribution in [2.45, 2.75) is 39.3 Å². The van der Waals surface area contributed by atoms with Crippen LogP contribution in [0.5, 0.6) is 0 Å². The fourth-order valence-electron chi connectivity index (χ4n) is 1.27. The molecule has 0 radical (unpaired) electrons. The standard InChI is InChI=1S/C15H23NSi2/c1-16-14(10-12-17(2,3)4)8-9-15(16)11-13-18(5,6)7/h8-9H,1-7H3. The molecule has 0 atom stereocenters. The van der Waals surface area contributed by atoms with Gasteiger partial charge < -0.3 is 4.57 Å². The molecule has 1 nitrogen and oxygen atoms in total. The molecule has 1 aromatic rings. The summed E-state index contributed by atoms with van der Waals surface area (Å²) < 4.78 is 2.10. The molecule has 0 N–H and O–H groups in total. The zero-order chi connectivity index (χ0) is 14.0. The molecule has 0 aliphatic heterocycles. The lowest BCUT2D eigenvalue weighted by Gasteiger charge is -2.05. The Labute approximate surface area is 114 Å². The Morgan fingerprint density at radius 3 is 1.39 bits per heavy atom. The number of rotatable bonds is 0. The molecular formula is C15H23NSi2. The van der Waals surface area contributed by atoms with Gasteiger partial charge in [0.1, 0.15) is 16.1 Å². The van der Waals surface area contributed by atoms with E-state index >= 15 is 0 Å². The van der Waals surface area contributed by atoms with Gasteiger partial charge in [-0.25, -0.2) is 0 Å². The van der Waals surface area contributed by atoms with E-state index in [0.717, 1.165) is 11.4 Å². The fourth-order valence-corrected chi connectivity index (χ4v) is 2.27. The lowest BCUT2D eigenvalue weighted by Crippen LogP contribution is -2.16. The molecule has 0 amide bonds. The zero-order valence-electron chi connectivity index (χ0n) is 12.6. The van der Waals surface area contributed by atoms with Crippen molar-refractivity contribution in [3.63, 3.8) is 0 Å². The van der Waals surface area contributed by atoms with Gasteiger partial charge in [0, 0.05) is 7.05 Å². The van der Waals surface area contributed by atoms with Crippen LogP contribution in [0, 0.1) is 22.9 Å². The summed E-state index contributed by atoms with van der Waals surface area (Å²) in [5.41, 5.74) is 8.92. The molecule has 1 heterocycles. The second kappa shape index (κ2) is 5.22. The van der Waals surface area contributed by atoms with Crippen molar-refractivity contribution in [1.29, 1.82) is 0 Å². The Balaban J connectivity index is 3.04. The van der Waals surface area contributed by atoms with Crippen LogP contribution in [0.25, 0.3) is 0 Å². The monoisotopic (exact) mass is 273 g/mol. The van der Waals surface area contributed by atoms with Crippen LogP contribution in [0.1, 0.15) is 11.4 Å². The van der Waals surface area contributed by atoms with Crippen molar-refractivity contribution in [2.75, 3.05) is 0 Å². The summed E-state index contributed by atoms with van der Waals surface area (Å²) in [7, 11) is -0.567. The highest BCUT2D eigenvalue weighted by atomic mass is 28.3. The quantitative estimate of drug-likeness (QED) is 0.504. The molecular weight excluding hydrogens is 250 g/mol. The molecule has 1 aromatic heterocycles. The predicted molar refractivity (Wildman–Crippen MR) is 85.9 cm³/mol. The first kappa shape index (κ1) is 14.9. The van der Waals surface area contributed by atoms with Crippen LogP contribution in [0.3, 0.4) is 0 Å². The van der Waals surface area contributed by atoms with Crippen molar-refractivity contribution < 1.29 is 0 Å². The van der Waals surface area contributed by atoms with Gasteiger partial charge in [0.25, 0.3) is 0 Å². The molecule has 0 unspecified atom stereocenters. The van der Waals surface area contributed by atoms with E-state index in [1.807, 2.05) is 7.05 Å². The Kier molecular flexibility index (Phi) is 4.32. The first-order valence-electron chi connectivity index (χ1n) is 6.31. The lowest BCUT2D eigenvalue weighted by molar-refractivity contribution is 0.896. The van der Waals surface area contributed by atoms with Crippen LogP contribution in [0.15, 0.2) is 12.1 Å². The highest BCUT2D eigenvalue weighted by Gasteiger charge is 2.09. The van der Waals surface area contributed by atoms with Crippen LogP contribution in [-0.4, -0.2) is 20.7 Å². The minimum Gasteiger partial charge on any atom is -0.331 e. The van der Waals surface area contributed by atoms with E-state index in [1.165, 1.54) is 0 Å². The second-order valence-electron chi connectivity index (χ2n) is 6.66. The van der Waals surface area contributed by atoms with Crippen molar-refractivity contribution >= 4 is 16.1 Å². The molecule has 3 heteroatoms. The highest BCUT2D eigenvalue weighted by Crippen LogP contribution is 2.07. The van der Waals surface area contributed by atoms with E-state index in [4.69, 9.17) is 0 Å². The maximum Gasteiger partial charge on any atom is 0.129 e. The first-order chi connectivity index (χ1) is 8.08. The number of aromatic nitrogens is 1. The van der Waals surface area contributed by atoms with Crippen LogP contribution in [-0.2, 0) is 7.05 Å². The van der Waals surface area contributed by atoms with Gasteiger partial charge in [-0.1, -0.05) is 51.1 Å². The summed E-state index contributed by atoms with van der Waals surface area (Å²) in [6.45, 7) is 13.6. The molecule has 0 spiro atoms. The summed E-state index contributed by atoms with van der Waals surface area (Å²) in [5, 5.41) is 0. The van der Waals surface area contributed by atoms with Crippen LogP contribution in [0.2, 0.25) is 39.3 Å². The van der Waals surface area contributed by atoms with Crippen LogP contribution in [0.4, 0.5) is 0 Å². The van der Waals surface area contributed by atoms with Gasteiger partial charge in [0.2, 0.25) is 0 Å². The molecule has 18 heavy (non-hydrogen) atoms. The van der Waals surface area contributed by atoms with E-state index < -0.39 is 16.1 Å². The van der Waals surface area contributed by atoms with Crippen LogP contribution >= 0.6 is 0 Å². The molecule has 0 fully saturated rings. The average molecular weight is 274 g/mol. The third-order valence-electron chi connectivity index (χ3n) is 2.25.